The minimum atomic E-state index is -2.76. The third-order valence-corrected chi connectivity index (χ3v) is 6.93. The SMILES string of the molecule is [B]C(Nc1cc(Cl)c2ncc(C#N)c(NCC(C)(C)C)c2c1)(c1cn(C2CC2)nn1)c1ccccc1C(F)F. The lowest BCUT2D eigenvalue weighted by Crippen LogP contribution is -2.39. The highest BCUT2D eigenvalue weighted by atomic mass is 35.5. The minimum Gasteiger partial charge on any atom is -0.383 e. The zero-order valence-corrected chi connectivity index (χ0v) is 22.6. The summed E-state index contributed by atoms with van der Waals surface area (Å²) in [5.74, 6) is 0. The lowest BCUT2D eigenvalue weighted by molar-refractivity contribution is 0.149. The maximum atomic E-state index is 14.2. The van der Waals surface area contributed by atoms with Gasteiger partial charge in [-0.3, -0.25) is 4.98 Å². The number of nitriles is 1. The Morgan fingerprint density at radius 1 is 1.23 bits per heavy atom. The molecule has 2 radical (unpaired) electrons. The molecule has 2 aromatic heterocycles. The van der Waals surface area contributed by atoms with Gasteiger partial charge in [-0.25, -0.2) is 13.5 Å². The van der Waals surface area contributed by atoms with Crippen molar-refractivity contribution in [1.29, 1.82) is 5.26 Å². The van der Waals surface area contributed by atoms with Crippen LogP contribution in [-0.2, 0) is 5.44 Å². The van der Waals surface area contributed by atoms with Crippen LogP contribution in [0.4, 0.5) is 20.2 Å². The zero-order valence-electron chi connectivity index (χ0n) is 21.8. The molecule has 2 aromatic carbocycles. The summed E-state index contributed by atoms with van der Waals surface area (Å²) >= 11 is 6.67. The predicted octanol–water partition coefficient (Wildman–Crippen LogP) is 6.56. The fourth-order valence-corrected chi connectivity index (χ4v) is 4.75. The van der Waals surface area contributed by atoms with Crippen molar-refractivity contribution in [2.24, 2.45) is 5.41 Å². The highest BCUT2D eigenvalue weighted by molar-refractivity contribution is 6.36. The largest absolute Gasteiger partial charge is 0.383 e. The summed E-state index contributed by atoms with van der Waals surface area (Å²) in [4.78, 5) is 4.40. The van der Waals surface area contributed by atoms with E-state index in [-0.39, 0.29) is 28.3 Å². The zero-order chi connectivity index (χ0) is 27.9. The van der Waals surface area contributed by atoms with Gasteiger partial charge in [-0.05, 0) is 36.0 Å². The Bertz CT molecular complexity index is 1570. The minimum absolute atomic E-state index is 0.0687. The van der Waals surface area contributed by atoms with E-state index in [1.807, 2.05) is 0 Å². The predicted molar refractivity (Wildman–Crippen MR) is 149 cm³/mol. The summed E-state index contributed by atoms with van der Waals surface area (Å²) in [6, 6.07) is 11.9. The van der Waals surface area contributed by atoms with E-state index in [4.69, 9.17) is 19.4 Å². The van der Waals surface area contributed by atoms with Crippen LogP contribution in [0, 0.1) is 16.7 Å². The number of fused-ring (bicyclic) bond motifs is 1. The topological polar surface area (TPSA) is 91.5 Å². The number of rotatable bonds is 8. The molecule has 39 heavy (non-hydrogen) atoms. The Hall–Kier alpha value is -3.71. The molecular weight excluding hydrogens is 519 g/mol. The van der Waals surface area contributed by atoms with Crippen molar-refractivity contribution in [2.75, 3.05) is 17.2 Å². The molecule has 2 heterocycles. The number of benzene rings is 2. The van der Waals surface area contributed by atoms with Gasteiger partial charge in [0, 0.05) is 29.4 Å². The van der Waals surface area contributed by atoms with Gasteiger partial charge in [0.25, 0.3) is 6.43 Å². The molecule has 11 heteroatoms. The standard InChI is InChI=1S/C28H27BClF2N7/c1-27(2,3)15-35-24-16(12-33)13-34-25-20(24)10-17(11-22(25)30)36-28(29,21-7-5-4-6-19(21)26(31)32)23-14-39(38-37-23)18-8-9-18/h4-7,10-11,13-14,18,26,36H,8-9,15H2,1-3H3,(H,34,35). The molecule has 1 fully saturated rings. The first-order chi connectivity index (χ1) is 18.5. The Kier molecular flexibility index (Phi) is 6.98. The first-order valence-corrected chi connectivity index (χ1v) is 13.0. The fourth-order valence-electron chi connectivity index (χ4n) is 4.48. The van der Waals surface area contributed by atoms with E-state index in [0.717, 1.165) is 12.8 Å². The van der Waals surface area contributed by atoms with Crippen molar-refractivity contribution in [2.45, 2.75) is 51.5 Å². The van der Waals surface area contributed by atoms with E-state index in [9.17, 15) is 14.0 Å². The van der Waals surface area contributed by atoms with E-state index >= 15 is 0 Å². The van der Waals surface area contributed by atoms with E-state index in [1.165, 1.54) is 12.3 Å². The van der Waals surface area contributed by atoms with Gasteiger partial charge < -0.3 is 10.6 Å². The van der Waals surface area contributed by atoms with Crippen LogP contribution in [0.1, 0.15) is 68.5 Å². The van der Waals surface area contributed by atoms with Gasteiger partial charge >= 0.3 is 0 Å². The summed E-state index contributed by atoms with van der Waals surface area (Å²) in [6.07, 6.45) is 2.36. The molecule has 5 rings (SSSR count). The van der Waals surface area contributed by atoms with Crippen molar-refractivity contribution in [3.63, 3.8) is 0 Å². The second-order valence-electron chi connectivity index (χ2n) is 11.1. The first kappa shape index (κ1) is 26.9. The van der Waals surface area contributed by atoms with Crippen LogP contribution >= 0.6 is 11.6 Å². The molecule has 1 aliphatic carbocycles. The van der Waals surface area contributed by atoms with Crippen molar-refractivity contribution < 1.29 is 8.78 Å². The number of nitrogens with one attached hydrogen (secondary N) is 2. The van der Waals surface area contributed by atoms with Gasteiger partial charge in [0.15, 0.2) is 0 Å². The first-order valence-electron chi connectivity index (χ1n) is 12.6. The number of alkyl halides is 2. The average molecular weight is 546 g/mol. The third-order valence-electron chi connectivity index (χ3n) is 6.64. The second-order valence-corrected chi connectivity index (χ2v) is 11.5. The highest BCUT2D eigenvalue weighted by Crippen LogP contribution is 2.40. The Balaban J connectivity index is 1.66. The fraction of sp³-hybridized carbons (Fsp3) is 0.357. The quantitative estimate of drug-likeness (QED) is 0.244. The van der Waals surface area contributed by atoms with E-state index in [0.29, 0.717) is 39.4 Å². The molecule has 0 aliphatic heterocycles. The van der Waals surface area contributed by atoms with Crippen LogP contribution < -0.4 is 10.6 Å². The number of hydrogen-bond acceptors (Lipinski definition) is 6. The summed E-state index contributed by atoms with van der Waals surface area (Å²) < 4.78 is 30.0. The van der Waals surface area contributed by atoms with E-state index in [1.54, 1.807) is 41.2 Å². The molecule has 198 valence electrons. The van der Waals surface area contributed by atoms with Crippen molar-refractivity contribution in [1.82, 2.24) is 20.0 Å². The average Bonchev–Trinajstić information content (AvgIpc) is 3.62. The molecule has 2 N–H and O–H groups in total. The van der Waals surface area contributed by atoms with Crippen LogP contribution in [0.25, 0.3) is 10.9 Å². The summed E-state index contributed by atoms with van der Waals surface area (Å²) in [5.41, 5.74) is 0.359. The Labute approximate surface area is 232 Å². The number of halogens is 3. The molecular formula is C28H27BClF2N7. The Morgan fingerprint density at radius 3 is 2.64 bits per heavy atom. The van der Waals surface area contributed by atoms with Crippen LogP contribution in [0.5, 0.6) is 0 Å². The van der Waals surface area contributed by atoms with Gasteiger partial charge in [0.2, 0.25) is 0 Å². The molecule has 0 saturated heterocycles. The smallest absolute Gasteiger partial charge is 0.264 e. The number of anilines is 2. The number of hydrogen-bond donors (Lipinski definition) is 2. The summed E-state index contributed by atoms with van der Waals surface area (Å²) in [6.45, 7) is 6.82. The van der Waals surface area contributed by atoms with Gasteiger partial charge in [0.1, 0.15) is 19.6 Å². The normalized spacial score (nSPS) is 15.2. The van der Waals surface area contributed by atoms with Crippen LogP contribution in [-0.4, -0.2) is 34.4 Å². The Morgan fingerprint density at radius 2 is 1.97 bits per heavy atom. The lowest BCUT2D eigenvalue weighted by atomic mass is 9.68. The van der Waals surface area contributed by atoms with Crippen LogP contribution in [0.3, 0.4) is 0 Å². The molecule has 7 nitrogen and oxygen atoms in total. The van der Waals surface area contributed by atoms with Crippen molar-refractivity contribution >= 4 is 41.7 Å². The van der Waals surface area contributed by atoms with Gasteiger partial charge in [-0.2, -0.15) is 5.26 Å². The van der Waals surface area contributed by atoms with Gasteiger partial charge in [0.05, 0.1) is 39.5 Å². The maximum absolute atomic E-state index is 14.2. The van der Waals surface area contributed by atoms with Crippen LogP contribution in [0.2, 0.25) is 5.02 Å². The molecule has 0 bridgehead atoms. The van der Waals surface area contributed by atoms with Crippen molar-refractivity contribution in [3.05, 3.63) is 76.2 Å². The number of aromatic nitrogens is 4. The number of nitrogens with zero attached hydrogens (tertiary/aromatic N) is 5. The molecule has 0 amide bonds. The van der Waals surface area contributed by atoms with E-state index in [2.05, 4.69) is 52.8 Å². The summed E-state index contributed by atoms with van der Waals surface area (Å²) in [5, 5.41) is 25.8. The highest BCUT2D eigenvalue weighted by Gasteiger charge is 2.37. The molecule has 4 aromatic rings. The van der Waals surface area contributed by atoms with Gasteiger partial charge in [-0.1, -0.05) is 61.9 Å². The monoisotopic (exact) mass is 545 g/mol. The third kappa shape index (κ3) is 5.41. The maximum Gasteiger partial charge on any atom is 0.264 e. The second kappa shape index (κ2) is 10.1. The van der Waals surface area contributed by atoms with Crippen molar-refractivity contribution in [3.8, 4) is 6.07 Å². The molecule has 1 unspecified atom stereocenters. The van der Waals surface area contributed by atoms with Gasteiger partial charge in [-0.15, -0.1) is 5.10 Å². The molecule has 1 atom stereocenters. The van der Waals surface area contributed by atoms with Crippen LogP contribution in [0.15, 0.2) is 48.8 Å². The van der Waals surface area contributed by atoms with E-state index < -0.39 is 11.9 Å². The molecule has 1 aliphatic rings. The molecule has 1 saturated carbocycles. The number of pyridine rings is 1. The molecule has 0 spiro atoms. The lowest BCUT2D eigenvalue weighted by Gasteiger charge is -2.33. The summed E-state index contributed by atoms with van der Waals surface area (Å²) in [7, 11) is 6.96.